The Kier molecular flexibility index (Phi) is 4.39. The molecule has 158 valence electrons. The largest absolute Gasteiger partial charge is 0.324 e. The third-order valence-electron chi connectivity index (χ3n) is 6.01. The molecule has 1 saturated carbocycles. The van der Waals surface area contributed by atoms with Crippen molar-refractivity contribution in [3.8, 4) is 5.13 Å². The summed E-state index contributed by atoms with van der Waals surface area (Å²) in [7, 11) is 0. The molecule has 1 fully saturated rings. The summed E-state index contributed by atoms with van der Waals surface area (Å²) in [5, 5.41) is 10.1. The third kappa shape index (κ3) is 3.24. The zero-order valence-electron chi connectivity index (χ0n) is 17.3. The Balaban J connectivity index is 1.42. The smallest absolute Gasteiger partial charge is 0.278 e. The molecule has 1 aromatic carbocycles. The minimum Gasteiger partial charge on any atom is -0.324 e. The average molecular weight is 434 g/mol. The molecular formula is C22H23N7OS. The van der Waals surface area contributed by atoms with E-state index in [4.69, 9.17) is 9.97 Å². The van der Waals surface area contributed by atoms with E-state index in [9.17, 15) is 4.79 Å². The Labute approximate surface area is 183 Å². The highest BCUT2D eigenvalue weighted by Gasteiger charge is 2.27. The Hall–Kier alpha value is -3.04. The SMILES string of the molecule is CCn1c(=O)c2cnc(Nc3ccc4c(c3)CCNC4)nc2n1-c1nc(C2CC2)cs1. The van der Waals surface area contributed by atoms with Gasteiger partial charge in [0.05, 0.1) is 5.69 Å². The standard InChI is InChI=1S/C22H23N7OS/c1-2-28-20(30)17-11-24-21(25-16-6-5-15-10-23-8-7-14(15)9-16)27-19(17)29(28)22-26-18(12-31-22)13-3-4-13/h5-6,9,11-13,23H,2-4,7-8,10H2,1H3,(H,24,25,27). The van der Waals surface area contributed by atoms with E-state index < -0.39 is 0 Å². The molecule has 2 N–H and O–H groups in total. The van der Waals surface area contributed by atoms with Gasteiger partial charge in [0.15, 0.2) is 5.65 Å². The van der Waals surface area contributed by atoms with Crippen molar-refractivity contribution >= 4 is 34.0 Å². The molecule has 4 heterocycles. The van der Waals surface area contributed by atoms with E-state index in [1.54, 1.807) is 22.2 Å². The number of aromatic nitrogens is 5. The molecule has 4 aromatic rings. The maximum atomic E-state index is 12.9. The molecule has 0 atom stereocenters. The number of hydrogen-bond donors (Lipinski definition) is 2. The second-order valence-electron chi connectivity index (χ2n) is 8.13. The molecule has 0 spiro atoms. The number of hydrogen-bond acceptors (Lipinski definition) is 7. The maximum Gasteiger partial charge on any atom is 0.278 e. The van der Waals surface area contributed by atoms with Crippen LogP contribution >= 0.6 is 11.3 Å². The summed E-state index contributed by atoms with van der Waals surface area (Å²) in [5.41, 5.74) is 5.24. The van der Waals surface area contributed by atoms with E-state index in [1.165, 1.54) is 24.0 Å². The molecule has 3 aromatic heterocycles. The lowest BCUT2D eigenvalue weighted by Gasteiger charge is -2.18. The van der Waals surface area contributed by atoms with Crippen LogP contribution in [0, 0.1) is 0 Å². The quantitative estimate of drug-likeness (QED) is 0.502. The Bertz CT molecular complexity index is 1350. The van der Waals surface area contributed by atoms with Crippen LogP contribution in [0.3, 0.4) is 0 Å². The highest BCUT2D eigenvalue weighted by Crippen LogP contribution is 2.40. The van der Waals surface area contributed by atoms with Gasteiger partial charge in [-0.3, -0.25) is 4.79 Å². The van der Waals surface area contributed by atoms with Crippen LogP contribution < -0.4 is 16.2 Å². The topological polar surface area (TPSA) is 89.7 Å². The van der Waals surface area contributed by atoms with Gasteiger partial charge in [0.2, 0.25) is 11.1 Å². The number of anilines is 2. The summed E-state index contributed by atoms with van der Waals surface area (Å²) < 4.78 is 3.53. The van der Waals surface area contributed by atoms with Gasteiger partial charge in [-0.1, -0.05) is 6.07 Å². The summed E-state index contributed by atoms with van der Waals surface area (Å²) in [5.74, 6) is 1.04. The molecule has 2 aliphatic rings. The highest BCUT2D eigenvalue weighted by molar-refractivity contribution is 7.12. The van der Waals surface area contributed by atoms with Crippen molar-refractivity contribution in [1.82, 2.24) is 29.6 Å². The second kappa shape index (κ2) is 7.28. The van der Waals surface area contributed by atoms with Gasteiger partial charge in [0.1, 0.15) is 5.39 Å². The molecular weight excluding hydrogens is 410 g/mol. The molecule has 0 saturated heterocycles. The number of fused-ring (bicyclic) bond motifs is 2. The number of nitrogens with one attached hydrogen (secondary N) is 2. The lowest BCUT2D eigenvalue weighted by atomic mass is 10.0. The van der Waals surface area contributed by atoms with Crippen LogP contribution in [0.2, 0.25) is 0 Å². The summed E-state index contributed by atoms with van der Waals surface area (Å²) >= 11 is 1.56. The zero-order chi connectivity index (χ0) is 20.9. The normalized spacial score (nSPS) is 15.9. The number of nitrogens with zero attached hydrogens (tertiary/aromatic N) is 5. The van der Waals surface area contributed by atoms with Crippen molar-refractivity contribution in [2.45, 2.75) is 45.2 Å². The van der Waals surface area contributed by atoms with E-state index in [-0.39, 0.29) is 5.56 Å². The van der Waals surface area contributed by atoms with Crippen molar-refractivity contribution in [1.29, 1.82) is 0 Å². The summed E-state index contributed by atoms with van der Waals surface area (Å²) in [6, 6.07) is 6.35. The Morgan fingerprint density at radius 2 is 2.16 bits per heavy atom. The molecule has 1 aliphatic heterocycles. The lowest BCUT2D eigenvalue weighted by Crippen LogP contribution is -2.23. The van der Waals surface area contributed by atoms with Gasteiger partial charge < -0.3 is 10.6 Å². The van der Waals surface area contributed by atoms with E-state index in [0.29, 0.717) is 29.4 Å². The Morgan fingerprint density at radius 3 is 3.00 bits per heavy atom. The van der Waals surface area contributed by atoms with Crippen LogP contribution in [0.15, 0.2) is 34.6 Å². The predicted molar refractivity (Wildman–Crippen MR) is 122 cm³/mol. The molecule has 0 amide bonds. The van der Waals surface area contributed by atoms with Crippen LogP contribution in [-0.2, 0) is 19.5 Å². The molecule has 31 heavy (non-hydrogen) atoms. The van der Waals surface area contributed by atoms with Crippen LogP contribution in [-0.4, -0.2) is 30.9 Å². The lowest BCUT2D eigenvalue weighted by molar-refractivity contribution is 0.573. The van der Waals surface area contributed by atoms with E-state index >= 15 is 0 Å². The predicted octanol–water partition coefficient (Wildman–Crippen LogP) is 3.33. The van der Waals surface area contributed by atoms with Crippen molar-refractivity contribution in [2.75, 3.05) is 11.9 Å². The summed E-state index contributed by atoms with van der Waals surface area (Å²) in [6.07, 6.45) is 5.02. The van der Waals surface area contributed by atoms with Gasteiger partial charge in [-0.25, -0.2) is 19.3 Å². The van der Waals surface area contributed by atoms with Gasteiger partial charge in [0, 0.05) is 36.3 Å². The van der Waals surface area contributed by atoms with Crippen molar-refractivity contribution < 1.29 is 0 Å². The van der Waals surface area contributed by atoms with E-state index in [2.05, 4.69) is 33.1 Å². The van der Waals surface area contributed by atoms with E-state index in [0.717, 1.165) is 36.0 Å². The maximum absolute atomic E-state index is 12.9. The second-order valence-corrected chi connectivity index (χ2v) is 8.96. The fourth-order valence-corrected chi connectivity index (χ4v) is 5.11. The molecule has 0 unspecified atom stereocenters. The number of benzene rings is 1. The monoisotopic (exact) mass is 433 g/mol. The molecule has 0 radical (unpaired) electrons. The van der Waals surface area contributed by atoms with Crippen molar-refractivity contribution in [3.05, 3.63) is 57.0 Å². The fraction of sp³-hybridized carbons (Fsp3) is 0.364. The van der Waals surface area contributed by atoms with E-state index in [1.807, 2.05) is 17.7 Å². The van der Waals surface area contributed by atoms with Gasteiger partial charge in [-0.2, -0.15) is 4.98 Å². The minimum atomic E-state index is -0.0893. The van der Waals surface area contributed by atoms with Gasteiger partial charge in [-0.05, 0) is 56.0 Å². The first kappa shape index (κ1) is 18.7. The fourth-order valence-electron chi connectivity index (χ4n) is 4.19. The minimum absolute atomic E-state index is 0.0893. The first-order chi connectivity index (χ1) is 15.2. The third-order valence-corrected chi connectivity index (χ3v) is 6.85. The first-order valence-corrected chi connectivity index (χ1v) is 11.6. The molecule has 9 heteroatoms. The van der Waals surface area contributed by atoms with Gasteiger partial charge >= 0.3 is 0 Å². The van der Waals surface area contributed by atoms with Gasteiger partial charge in [-0.15, -0.1) is 11.3 Å². The summed E-state index contributed by atoms with van der Waals surface area (Å²) in [6.45, 7) is 4.40. The number of rotatable bonds is 5. The molecule has 0 bridgehead atoms. The van der Waals surface area contributed by atoms with Crippen molar-refractivity contribution in [3.63, 3.8) is 0 Å². The van der Waals surface area contributed by atoms with Crippen LogP contribution in [0.25, 0.3) is 16.2 Å². The van der Waals surface area contributed by atoms with Crippen LogP contribution in [0.4, 0.5) is 11.6 Å². The first-order valence-electron chi connectivity index (χ1n) is 10.7. The van der Waals surface area contributed by atoms with Crippen LogP contribution in [0.1, 0.15) is 42.5 Å². The van der Waals surface area contributed by atoms with Gasteiger partial charge in [0.25, 0.3) is 5.56 Å². The summed E-state index contributed by atoms with van der Waals surface area (Å²) in [4.78, 5) is 26.9. The van der Waals surface area contributed by atoms with Crippen LogP contribution in [0.5, 0.6) is 0 Å². The average Bonchev–Trinajstić information content (AvgIpc) is 3.47. The molecule has 1 aliphatic carbocycles. The molecule has 8 nitrogen and oxygen atoms in total. The molecule has 6 rings (SSSR count). The number of thiazole rings is 1. The zero-order valence-corrected chi connectivity index (χ0v) is 18.1. The highest BCUT2D eigenvalue weighted by atomic mass is 32.1. The Morgan fingerprint density at radius 1 is 1.26 bits per heavy atom. The van der Waals surface area contributed by atoms with Crippen molar-refractivity contribution in [2.24, 2.45) is 0 Å².